The van der Waals surface area contributed by atoms with Gasteiger partial charge in [-0.3, -0.25) is 4.79 Å². The molecule has 1 aliphatic carbocycles. The average Bonchev–Trinajstić information content (AvgIpc) is 2.70. The van der Waals surface area contributed by atoms with E-state index in [0.29, 0.717) is 50.8 Å². The van der Waals surface area contributed by atoms with Crippen LogP contribution in [0.5, 0.6) is 5.75 Å². The molecule has 1 aromatic carbocycles. The van der Waals surface area contributed by atoms with Crippen molar-refractivity contribution in [1.29, 1.82) is 0 Å². The van der Waals surface area contributed by atoms with Gasteiger partial charge in [0.05, 0.1) is 30.4 Å². The van der Waals surface area contributed by atoms with Crippen LogP contribution in [0.2, 0.25) is 0 Å². The lowest BCUT2D eigenvalue weighted by Gasteiger charge is -2.26. The lowest BCUT2D eigenvalue weighted by Crippen LogP contribution is -2.40. The van der Waals surface area contributed by atoms with Gasteiger partial charge in [0.2, 0.25) is 15.9 Å². The molecule has 1 atom stereocenters. The first kappa shape index (κ1) is 19.9. The van der Waals surface area contributed by atoms with Crippen LogP contribution in [-0.4, -0.2) is 51.5 Å². The number of ether oxygens (including phenoxy) is 2. The summed E-state index contributed by atoms with van der Waals surface area (Å²) in [5.74, 6) is 0.253. The molecule has 1 heterocycles. The molecule has 1 N–H and O–H groups in total. The summed E-state index contributed by atoms with van der Waals surface area (Å²) in [4.78, 5) is 12.8. The quantitative estimate of drug-likeness (QED) is 0.749. The molecule has 1 aliphatic heterocycles. The van der Waals surface area contributed by atoms with E-state index in [1.165, 1.54) is 16.4 Å². The van der Waals surface area contributed by atoms with Gasteiger partial charge >= 0.3 is 0 Å². The summed E-state index contributed by atoms with van der Waals surface area (Å²) in [6, 6.07) is 4.62. The fraction of sp³-hybridized carbons (Fsp3) is 0.526. The minimum atomic E-state index is -3.64. The zero-order chi connectivity index (χ0) is 19.3. The van der Waals surface area contributed by atoms with Crippen molar-refractivity contribution >= 4 is 21.6 Å². The topological polar surface area (TPSA) is 84.9 Å². The Morgan fingerprint density at radius 3 is 2.74 bits per heavy atom. The van der Waals surface area contributed by atoms with Crippen molar-refractivity contribution in [1.82, 2.24) is 4.31 Å². The summed E-state index contributed by atoms with van der Waals surface area (Å²) < 4.78 is 38.0. The fourth-order valence-electron chi connectivity index (χ4n) is 3.25. The Bertz CT molecular complexity index is 800. The van der Waals surface area contributed by atoms with Crippen LogP contribution in [0.25, 0.3) is 0 Å². The molecule has 0 spiro atoms. The molecule has 3 rings (SSSR count). The maximum Gasteiger partial charge on any atom is 0.243 e. The fourth-order valence-corrected chi connectivity index (χ4v) is 4.69. The number of benzene rings is 1. The molecule has 7 nitrogen and oxygen atoms in total. The monoisotopic (exact) mass is 394 g/mol. The minimum Gasteiger partial charge on any atom is -0.492 e. The maximum absolute atomic E-state index is 12.9. The van der Waals surface area contributed by atoms with Gasteiger partial charge in [0.25, 0.3) is 0 Å². The van der Waals surface area contributed by atoms with E-state index in [2.05, 4.69) is 11.4 Å². The van der Waals surface area contributed by atoms with Gasteiger partial charge in [0.1, 0.15) is 5.75 Å². The molecule has 1 amide bonds. The van der Waals surface area contributed by atoms with Crippen molar-refractivity contribution in [2.75, 3.05) is 38.2 Å². The average molecular weight is 394 g/mol. The maximum atomic E-state index is 12.9. The molecular formula is C19H26N2O5S. The summed E-state index contributed by atoms with van der Waals surface area (Å²) in [7, 11) is -3.64. The highest BCUT2D eigenvalue weighted by atomic mass is 32.2. The van der Waals surface area contributed by atoms with Gasteiger partial charge in [-0.25, -0.2) is 8.42 Å². The summed E-state index contributed by atoms with van der Waals surface area (Å²) in [6.07, 6.45) is 6.45. The molecule has 148 valence electrons. The summed E-state index contributed by atoms with van der Waals surface area (Å²) >= 11 is 0. The molecule has 27 heavy (non-hydrogen) atoms. The van der Waals surface area contributed by atoms with E-state index in [-0.39, 0.29) is 16.7 Å². The number of amides is 1. The number of nitrogens with zero attached hydrogens (tertiary/aromatic N) is 1. The van der Waals surface area contributed by atoms with Crippen molar-refractivity contribution in [3.63, 3.8) is 0 Å². The van der Waals surface area contributed by atoms with Gasteiger partial charge in [-0.05, 0) is 44.4 Å². The Morgan fingerprint density at radius 2 is 2.07 bits per heavy atom. The zero-order valence-electron chi connectivity index (χ0n) is 15.5. The highest BCUT2D eigenvalue weighted by Gasteiger charge is 2.28. The number of hydrogen-bond donors (Lipinski definition) is 1. The van der Waals surface area contributed by atoms with Crippen LogP contribution in [0, 0.1) is 5.92 Å². The van der Waals surface area contributed by atoms with Crippen molar-refractivity contribution in [3.8, 4) is 5.75 Å². The summed E-state index contributed by atoms with van der Waals surface area (Å²) in [5, 5.41) is 2.87. The van der Waals surface area contributed by atoms with E-state index in [9.17, 15) is 13.2 Å². The smallest absolute Gasteiger partial charge is 0.243 e. The molecule has 8 heteroatoms. The molecular weight excluding hydrogens is 368 g/mol. The number of morpholine rings is 1. The van der Waals surface area contributed by atoms with Gasteiger partial charge in [-0.15, -0.1) is 0 Å². The minimum absolute atomic E-state index is 0.107. The van der Waals surface area contributed by atoms with Gasteiger partial charge in [-0.2, -0.15) is 4.31 Å². The Balaban J connectivity index is 1.85. The van der Waals surface area contributed by atoms with Gasteiger partial charge in [0, 0.05) is 19.0 Å². The predicted molar refractivity (Wildman–Crippen MR) is 102 cm³/mol. The third kappa shape index (κ3) is 4.69. The second-order valence-corrected chi connectivity index (χ2v) is 8.52. The highest BCUT2D eigenvalue weighted by Crippen LogP contribution is 2.31. The SMILES string of the molecule is CCOc1ccc(S(=O)(=O)N2CCOCC2)cc1NC(=O)C1CC=CCC1. The Labute approximate surface area is 160 Å². The molecule has 1 aromatic rings. The van der Waals surface area contributed by atoms with Crippen LogP contribution in [0.3, 0.4) is 0 Å². The van der Waals surface area contributed by atoms with Gasteiger partial charge < -0.3 is 14.8 Å². The Morgan fingerprint density at radius 1 is 1.30 bits per heavy atom. The van der Waals surface area contributed by atoms with Gasteiger partial charge in [0.15, 0.2) is 0 Å². The molecule has 1 saturated heterocycles. The predicted octanol–water partition coefficient (Wildman–Crippen LogP) is 2.40. The van der Waals surface area contributed by atoms with Crippen LogP contribution in [-0.2, 0) is 19.6 Å². The number of anilines is 1. The number of carbonyl (C=O) groups excluding carboxylic acids is 1. The van der Waals surface area contributed by atoms with Crippen molar-refractivity contribution < 1.29 is 22.7 Å². The first-order valence-electron chi connectivity index (χ1n) is 9.33. The number of rotatable bonds is 6. The largest absolute Gasteiger partial charge is 0.492 e. The van der Waals surface area contributed by atoms with Gasteiger partial charge in [-0.1, -0.05) is 12.2 Å². The number of carbonyl (C=O) groups is 1. The van der Waals surface area contributed by atoms with E-state index >= 15 is 0 Å². The number of hydrogen-bond acceptors (Lipinski definition) is 5. The number of nitrogens with one attached hydrogen (secondary N) is 1. The van der Waals surface area contributed by atoms with E-state index in [0.717, 1.165) is 12.8 Å². The van der Waals surface area contributed by atoms with Crippen molar-refractivity contribution in [3.05, 3.63) is 30.4 Å². The molecule has 0 aromatic heterocycles. The van der Waals surface area contributed by atoms with Crippen LogP contribution >= 0.6 is 0 Å². The second-order valence-electron chi connectivity index (χ2n) is 6.58. The highest BCUT2D eigenvalue weighted by molar-refractivity contribution is 7.89. The lowest BCUT2D eigenvalue weighted by molar-refractivity contribution is -0.120. The van der Waals surface area contributed by atoms with Crippen molar-refractivity contribution in [2.24, 2.45) is 5.92 Å². The zero-order valence-corrected chi connectivity index (χ0v) is 16.3. The van der Waals surface area contributed by atoms with Crippen LogP contribution in [0.4, 0.5) is 5.69 Å². The lowest BCUT2D eigenvalue weighted by atomic mass is 9.93. The van der Waals surface area contributed by atoms with E-state index in [4.69, 9.17) is 9.47 Å². The summed E-state index contributed by atoms with van der Waals surface area (Å²) in [5.41, 5.74) is 0.394. The number of sulfonamides is 1. The standard InChI is InChI=1S/C19H26N2O5S/c1-2-26-18-9-8-16(27(23,24)21-10-12-25-13-11-21)14-17(18)20-19(22)15-6-4-3-5-7-15/h3-4,8-9,14-15H,2,5-7,10-13H2,1H3,(H,20,22). The first-order valence-corrected chi connectivity index (χ1v) is 10.8. The molecule has 0 saturated carbocycles. The molecule has 1 fully saturated rings. The van der Waals surface area contributed by atoms with E-state index in [1.807, 2.05) is 13.0 Å². The van der Waals surface area contributed by atoms with Crippen LogP contribution < -0.4 is 10.1 Å². The molecule has 2 aliphatic rings. The Hall–Kier alpha value is -1.90. The number of allylic oxidation sites excluding steroid dienone is 2. The molecule has 0 bridgehead atoms. The van der Waals surface area contributed by atoms with Crippen LogP contribution in [0.1, 0.15) is 26.2 Å². The van der Waals surface area contributed by atoms with E-state index in [1.54, 1.807) is 6.07 Å². The molecule has 1 unspecified atom stereocenters. The summed E-state index contributed by atoms with van der Waals surface area (Å²) in [6.45, 7) is 3.68. The first-order chi connectivity index (χ1) is 13.0. The second kappa shape index (κ2) is 8.86. The van der Waals surface area contributed by atoms with E-state index < -0.39 is 10.0 Å². The molecule has 0 radical (unpaired) electrons. The Kier molecular flexibility index (Phi) is 6.51. The third-order valence-electron chi connectivity index (χ3n) is 4.76. The third-order valence-corrected chi connectivity index (χ3v) is 6.65. The van der Waals surface area contributed by atoms with Crippen LogP contribution in [0.15, 0.2) is 35.2 Å². The normalized spacial score (nSPS) is 21.0. The van der Waals surface area contributed by atoms with Crippen molar-refractivity contribution in [2.45, 2.75) is 31.1 Å².